The number of rotatable bonds is 7. The molecular weight excluding hydrogens is 234 g/mol. The van der Waals surface area contributed by atoms with E-state index in [0.717, 1.165) is 12.6 Å². The van der Waals surface area contributed by atoms with Gasteiger partial charge in [0.1, 0.15) is 0 Å². The quantitative estimate of drug-likeness (QED) is 0.766. The largest absolute Gasteiger partial charge is 0.313 e. The molecule has 0 spiro atoms. The summed E-state index contributed by atoms with van der Waals surface area (Å²) in [5, 5.41) is 3.78. The van der Waals surface area contributed by atoms with E-state index in [2.05, 4.69) is 49.7 Å². The molecule has 19 heavy (non-hydrogen) atoms. The van der Waals surface area contributed by atoms with E-state index in [4.69, 9.17) is 0 Å². The van der Waals surface area contributed by atoms with Crippen LogP contribution in [0.15, 0.2) is 0 Å². The van der Waals surface area contributed by atoms with E-state index >= 15 is 0 Å². The smallest absolute Gasteiger partial charge is 0.0112 e. The second-order valence-electron chi connectivity index (χ2n) is 6.44. The van der Waals surface area contributed by atoms with Gasteiger partial charge in [0.2, 0.25) is 0 Å². The van der Waals surface area contributed by atoms with Crippen LogP contribution >= 0.6 is 0 Å². The van der Waals surface area contributed by atoms with E-state index in [9.17, 15) is 0 Å². The van der Waals surface area contributed by atoms with E-state index in [0.29, 0.717) is 12.1 Å². The molecule has 1 N–H and O–H groups in total. The predicted molar refractivity (Wildman–Crippen MR) is 84.7 cm³/mol. The molecule has 1 fully saturated rings. The van der Waals surface area contributed by atoms with Crippen LogP contribution in [0.1, 0.15) is 53.9 Å². The summed E-state index contributed by atoms with van der Waals surface area (Å²) in [5.41, 5.74) is 0. The maximum absolute atomic E-state index is 3.78. The summed E-state index contributed by atoms with van der Waals surface area (Å²) in [4.78, 5) is 5.15. The van der Waals surface area contributed by atoms with Gasteiger partial charge in [-0.25, -0.2) is 0 Å². The molecule has 1 saturated heterocycles. The van der Waals surface area contributed by atoms with Crippen molar-refractivity contribution in [2.24, 2.45) is 0 Å². The monoisotopic (exact) mass is 269 g/mol. The van der Waals surface area contributed by atoms with Crippen molar-refractivity contribution in [1.29, 1.82) is 0 Å². The predicted octanol–water partition coefficient (Wildman–Crippen LogP) is 2.57. The lowest BCUT2D eigenvalue weighted by molar-refractivity contribution is 0.173. The van der Waals surface area contributed by atoms with Gasteiger partial charge in [-0.1, -0.05) is 6.92 Å². The fourth-order valence-corrected chi connectivity index (χ4v) is 3.19. The third-order valence-corrected chi connectivity index (χ3v) is 4.40. The Hall–Kier alpha value is -0.120. The number of hydrogen-bond donors (Lipinski definition) is 1. The summed E-state index contributed by atoms with van der Waals surface area (Å²) in [6, 6.07) is 2.02. The first-order valence-corrected chi connectivity index (χ1v) is 8.26. The van der Waals surface area contributed by atoms with Crippen LogP contribution in [0.2, 0.25) is 0 Å². The van der Waals surface area contributed by atoms with Crippen LogP contribution in [0, 0.1) is 0 Å². The molecule has 1 heterocycles. The van der Waals surface area contributed by atoms with E-state index in [-0.39, 0.29) is 0 Å². The summed E-state index contributed by atoms with van der Waals surface area (Å²) in [7, 11) is 0. The highest BCUT2D eigenvalue weighted by atomic mass is 15.2. The van der Waals surface area contributed by atoms with Crippen molar-refractivity contribution in [3.05, 3.63) is 0 Å². The number of nitrogens with zero attached hydrogens (tertiary/aromatic N) is 2. The highest BCUT2D eigenvalue weighted by Gasteiger charge is 2.17. The van der Waals surface area contributed by atoms with Gasteiger partial charge in [0, 0.05) is 31.2 Å². The van der Waals surface area contributed by atoms with Gasteiger partial charge < -0.3 is 10.2 Å². The van der Waals surface area contributed by atoms with Gasteiger partial charge in [-0.3, -0.25) is 4.90 Å². The minimum atomic E-state index is 0.645. The fourth-order valence-electron chi connectivity index (χ4n) is 3.19. The van der Waals surface area contributed by atoms with Crippen molar-refractivity contribution in [3.63, 3.8) is 0 Å². The molecule has 3 heteroatoms. The molecule has 0 saturated carbocycles. The van der Waals surface area contributed by atoms with E-state index in [1.54, 1.807) is 0 Å². The van der Waals surface area contributed by atoms with Crippen molar-refractivity contribution in [2.45, 2.75) is 72.0 Å². The molecule has 0 aromatic carbocycles. The number of hydrogen-bond acceptors (Lipinski definition) is 3. The zero-order valence-electron chi connectivity index (χ0n) is 13.8. The highest BCUT2D eigenvalue weighted by Crippen LogP contribution is 2.11. The second kappa shape index (κ2) is 8.93. The molecule has 0 aliphatic carbocycles. The molecule has 114 valence electrons. The normalized spacial score (nSPS) is 22.4. The van der Waals surface area contributed by atoms with E-state index in [1.807, 2.05) is 0 Å². The summed E-state index contributed by atoms with van der Waals surface area (Å²) in [6.45, 7) is 17.5. The Morgan fingerprint density at radius 3 is 2.37 bits per heavy atom. The Morgan fingerprint density at radius 1 is 1.11 bits per heavy atom. The highest BCUT2D eigenvalue weighted by molar-refractivity contribution is 4.76. The molecule has 3 nitrogen and oxygen atoms in total. The summed E-state index contributed by atoms with van der Waals surface area (Å²) >= 11 is 0. The molecule has 1 unspecified atom stereocenters. The van der Waals surface area contributed by atoms with Gasteiger partial charge in [-0.15, -0.1) is 0 Å². The fraction of sp³-hybridized carbons (Fsp3) is 1.00. The summed E-state index contributed by atoms with van der Waals surface area (Å²) in [6.07, 6.45) is 4.01. The average molecular weight is 269 g/mol. The van der Waals surface area contributed by atoms with Gasteiger partial charge >= 0.3 is 0 Å². The van der Waals surface area contributed by atoms with Crippen LogP contribution in [-0.4, -0.2) is 60.6 Å². The van der Waals surface area contributed by atoms with Gasteiger partial charge in [-0.05, 0) is 66.6 Å². The topological polar surface area (TPSA) is 18.5 Å². The molecule has 0 aromatic heterocycles. The third-order valence-electron chi connectivity index (χ3n) is 4.40. The molecule has 0 aromatic rings. The Morgan fingerprint density at radius 2 is 1.79 bits per heavy atom. The average Bonchev–Trinajstić information content (AvgIpc) is 2.58. The van der Waals surface area contributed by atoms with Gasteiger partial charge in [0.05, 0.1) is 0 Å². The minimum absolute atomic E-state index is 0.645. The molecule has 1 rings (SSSR count). The van der Waals surface area contributed by atoms with Crippen LogP contribution in [0.3, 0.4) is 0 Å². The number of nitrogens with one attached hydrogen (secondary N) is 1. The van der Waals surface area contributed by atoms with Crippen LogP contribution < -0.4 is 5.32 Å². The van der Waals surface area contributed by atoms with Crippen molar-refractivity contribution in [3.8, 4) is 0 Å². The molecule has 0 radical (unpaired) electrons. The Balaban J connectivity index is 2.24. The third kappa shape index (κ3) is 6.24. The minimum Gasteiger partial charge on any atom is -0.313 e. The summed E-state index contributed by atoms with van der Waals surface area (Å²) < 4.78 is 0. The molecular formula is C16H35N3. The molecule has 0 amide bonds. The van der Waals surface area contributed by atoms with Crippen LogP contribution in [0.5, 0.6) is 0 Å². The molecule has 1 atom stereocenters. The molecule has 1 aliphatic heterocycles. The standard InChI is InChI=1S/C16H35N3/c1-6-18-11-7-8-16(9-12-18)17-10-13-19(14(2)3)15(4)5/h14-17H,6-13H2,1-5H3. The van der Waals surface area contributed by atoms with Crippen LogP contribution in [-0.2, 0) is 0 Å². The van der Waals surface area contributed by atoms with Crippen molar-refractivity contribution in [1.82, 2.24) is 15.1 Å². The number of likely N-dealkylation sites (tertiary alicyclic amines) is 1. The van der Waals surface area contributed by atoms with Gasteiger partial charge in [0.15, 0.2) is 0 Å². The van der Waals surface area contributed by atoms with Crippen LogP contribution in [0.4, 0.5) is 0 Å². The van der Waals surface area contributed by atoms with Crippen molar-refractivity contribution < 1.29 is 0 Å². The second-order valence-corrected chi connectivity index (χ2v) is 6.44. The van der Waals surface area contributed by atoms with E-state index in [1.165, 1.54) is 45.4 Å². The Kier molecular flexibility index (Phi) is 7.96. The lowest BCUT2D eigenvalue weighted by Gasteiger charge is -2.31. The first-order valence-electron chi connectivity index (χ1n) is 8.26. The van der Waals surface area contributed by atoms with Crippen molar-refractivity contribution >= 4 is 0 Å². The lowest BCUT2D eigenvalue weighted by atomic mass is 10.1. The molecule has 1 aliphatic rings. The van der Waals surface area contributed by atoms with E-state index < -0.39 is 0 Å². The first kappa shape index (κ1) is 16.9. The maximum Gasteiger partial charge on any atom is 0.0112 e. The Bertz CT molecular complexity index is 220. The zero-order chi connectivity index (χ0) is 14.3. The first-order chi connectivity index (χ1) is 9.04. The van der Waals surface area contributed by atoms with Gasteiger partial charge in [0.25, 0.3) is 0 Å². The van der Waals surface area contributed by atoms with Crippen LogP contribution in [0.25, 0.3) is 0 Å². The summed E-state index contributed by atoms with van der Waals surface area (Å²) in [5.74, 6) is 0. The lowest BCUT2D eigenvalue weighted by Crippen LogP contribution is -2.43. The van der Waals surface area contributed by atoms with Gasteiger partial charge in [-0.2, -0.15) is 0 Å². The molecule has 0 bridgehead atoms. The maximum atomic E-state index is 3.78. The Labute approximate surface area is 120 Å². The zero-order valence-corrected chi connectivity index (χ0v) is 13.8. The van der Waals surface area contributed by atoms with Crippen molar-refractivity contribution in [2.75, 3.05) is 32.7 Å². The SMILES string of the molecule is CCN1CCCC(NCCN(C(C)C)C(C)C)CC1.